The van der Waals surface area contributed by atoms with Gasteiger partial charge in [0.2, 0.25) is 0 Å². The van der Waals surface area contributed by atoms with Crippen LogP contribution in [0.5, 0.6) is 5.75 Å². The van der Waals surface area contributed by atoms with Gasteiger partial charge in [-0.25, -0.2) is 4.98 Å². The zero-order chi connectivity index (χ0) is 14.1. The van der Waals surface area contributed by atoms with Crippen LogP contribution in [0.15, 0.2) is 42.5 Å². The molecule has 20 heavy (non-hydrogen) atoms. The normalized spacial score (nSPS) is 10.8. The summed E-state index contributed by atoms with van der Waals surface area (Å²) in [7, 11) is 3.72. The molecular weight excluding hydrogens is 268 g/mol. The third-order valence-corrected chi connectivity index (χ3v) is 4.61. The lowest BCUT2D eigenvalue weighted by molar-refractivity contribution is 0.419. The maximum absolute atomic E-state index is 5.41. The molecule has 0 amide bonds. The van der Waals surface area contributed by atoms with E-state index in [0.29, 0.717) is 0 Å². The number of benzene rings is 2. The predicted molar refractivity (Wildman–Crippen MR) is 85.4 cm³/mol. The molecule has 1 heterocycles. The highest BCUT2D eigenvalue weighted by atomic mass is 32.1. The largest absolute Gasteiger partial charge is 0.494 e. The molecule has 0 N–H and O–H groups in total. The first-order valence-corrected chi connectivity index (χ1v) is 7.25. The highest BCUT2D eigenvalue weighted by Crippen LogP contribution is 2.37. The number of nitrogens with zero attached hydrogens (tertiary/aromatic N) is 2. The molecule has 2 aromatic carbocycles. The van der Waals surface area contributed by atoms with E-state index in [4.69, 9.17) is 9.72 Å². The van der Waals surface area contributed by atoms with E-state index >= 15 is 0 Å². The lowest BCUT2D eigenvalue weighted by atomic mass is 10.2. The molecule has 0 aliphatic rings. The second kappa shape index (κ2) is 5.13. The monoisotopic (exact) mass is 284 g/mol. The minimum absolute atomic E-state index is 0.828. The van der Waals surface area contributed by atoms with E-state index in [2.05, 4.69) is 30.0 Å². The Hall–Kier alpha value is -2.07. The van der Waals surface area contributed by atoms with Crippen molar-refractivity contribution < 1.29 is 4.74 Å². The van der Waals surface area contributed by atoms with Crippen molar-refractivity contribution >= 4 is 32.4 Å². The number of hydrogen-bond donors (Lipinski definition) is 0. The van der Waals surface area contributed by atoms with E-state index in [1.165, 1.54) is 10.3 Å². The first kappa shape index (κ1) is 12.9. The van der Waals surface area contributed by atoms with Gasteiger partial charge in [-0.3, -0.25) is 0 Å². The fraction of sp³-hybridized carbons (Fsp3) is 0.188. The van der Waals surface area contributed by atoms with Gasteiger partial charge in [-0.15, -0.1) is 0 Å². The molecule has 1 aromatic heterocycles. The number of fused-ring (bicyclic) bond motifs is 1. The standard InChI is InChI=1S/C16H16N2OS/c1-11-9-10-13(19-3)14-15(11)20-16(17-14)18(2)12-7-5-4-6-8-12/h4-10H,1-3H3. The summed E-state index contributed by atoms with van der Waals surface area (Å²) in [5, 5.41) is 0.971. The molecule has 0 aliphatic heterocycles. The van der Waals surface area contributed by atoms with Crippen LogP contribution in [0.3, 0.4) is 0 Å². The molecule has 4 heteroatoms. The molecule has 0 aliphatic carbocycles. The Morgan fingerprint density at radius 1 is 1.10 bits per heavy atom. The first-order valence-electron chi connectivity index (χ1n) is 6.43. The molecule has 0 saturated heterocycles. The Labute approximate surface area is 122 Å². The molecule has 0 unspecified atom stereocenters. The number of rotatable bonds is 3. The van der Waals surface area contributed by atoms with Crippen molar-refractivity contribution in [3.05, 3.63) is 48.0 Å². The lowest BCUT2D eigenvalue weighted by Crippen LogP contribution is -2.08. The quantitative estimate of drug-likeness (QED) is 0.713. The number of aryl methyl sites for hydroxylation is 1. The minimum atomic E-state index is 0.828. The van der Waals surface area contributed by atoms with Gasteiger partial charge in [0.25, 0.3) is 0 Å². The van der Waals surface area contributed by atoms with E-state index < -0.39 is 0 Å². The zero-order valence-electron chi connectivity index (χ0n) is 11.8. The summed E-state index contributed by atoms with van der Waals surface area (Å²) in [5.74, 6) is 0.828. The van der Waals surface area contributed by atoms with Crippen molar-refractivity contribution in [2.75, 3.05) is 19.1 Å². The third-order valence-electron chi connectivity index (χ3n) is 3.34. The molecule has 0 radical (unpaired) electrons. The Kier molecular flexibility index (Phi) is 3.32. The summed E-state index contributed by atoms with van der Waals surface area (Å²) in [6, 6.07) is 14.3. The minimum Gasteiger partial charge on any atom is -0.494 e. The Bertz CT molecular complexity index is 737. The van der Waals surface area contributed by atoms with Gasteiger partial charge in [0.05, 0.1) is 11.8 Å². The number of thiazole rings is 1. The van der Waals surface area contributed by atoms with E-state index in [9.17, 15) is 0 Å². The molecule has 0 saturated carbocycles. The molecule has 0 bridgehead atoms. The van der Waals surface area contributed by atoms with Gasteiger partial charge in [-0.05, 0) is 30.7 Å². The Morgan fingerprint density at radius 2 is 1.85 bits per heavy atom. The van der Waals surface area contributed by atoms with Crippen LogP contribution in [-0.4, -0.2) is 19.1 Å². The second-order valence-electron chi connectivity index (χ2n) is 4.65. The SMILES string of the molecule is COc1ccc(C)c2sc(N(C)c3ccccc3)nc12. The fourth-order valence-electron chi connectivity index (χ4n) is 2.17. The van der Waals surface area contributed by atoms with Crippen LogP contribution in [0, 0.1) is 6.92 Å². The van der Waals surface area contributed by atoms with Gasteiger partial charge in [0.15, 0.2) is 5.13 Å². The van der Waals surface area contributed by atoms with Gasteiger partial charge in [-0.1, -0.05) is 35.6 Å². The summed E-state index contributed by atoms with van der Waals surface area (Å²) in [4.78, 5) is 6.84. The van der Waals surface area contributed by atoms with Gasteiger partial charge in [-0.2, -0.15) is 0 Å². The maximum Gasteiger partial charge on any atom is 0.190 e. The van der Waals surface area contributed by atoms with E-state index in [0.717, 1.165) is 22.1 Å². The number of aromatic nitrogens is 1. The van der Waals surface area contributed by atoms with Crippen LogP contribution in [0.4, 0.5) is 10.8 Å². The van der Waals surface area contributed by atoms with Crippen LogP contribution in [0.1, 0.15) is 5.56 Å². The molecule has 3 aromatic rings. The zero-order valence-corrected chi connectivity index (χ0v) is 12.6. The van der Waals surface area contributed by atoms with Crippen LogP contribution in [-0.2, 0) is 0 Å². The Balaban J connectivity index is 2.11. The van der Waals surface area contributed by atoms with Crippen molar-refractivity contribution in [2.24, 2.45) is 0 Å². The summed E-state index contributed by atoms with van der Waals surface area (Å²) >= 11 is 1.69. The number of anilines is 2. The number of para-hydroxylation sites is 1. The smallest absolute Gasteiger partial charge is 0.190 e. The van der Waals surface area contributed by atoms with Crippen LogP contribution < -0.4 is 9.64 Å². The molecule has 0 atom stereocenters. The van der Waals surface area contributed by atoms with Crippen molar-refractivity contribution in [3.8, 4) is 5.75 Å². The average molecular weight is 284 g/mol. The number of methoxy groups -OCH3 is 1. The van der Waals surface area contributed by atoms with Crippen molar-refractivity contribution in [2.45, 2.75) is 6.92 Å². The van der Waals surface area contributed by atoms with Gasteiger partial charge in [0, 0.05) is 12.7 Å². The summed E-state index contributed by atoms with van der Waals surface area (Å²) < 4.78 is 6.59. The molecule has 0 spiro atoms. The van der Waals surface area contributed by atoms with Crippen LogP contribution in [0.25, 0.3) is 10.2 Å². The topological polar surface area (TPSA) is 25.4 Å². The van der Waals surface area contributed by atoms with Gasteiger partial charge < -0.3 is 9.64 Å². The first-order chi connectivity index (χ1) is 9.70. The molecule has 3 rings (SSSR count). The maximum atomic E-state index is 5.41. The van der Waals surface area contributed by atoms with E-state index in [-0.39, 0.29) is 0 Å². The third kappa shape index (κ3) is 2.12. The summed E-state index contributed by atoms with van der Waals surface area (Å²) in [6.07, 6.45) is 0. The molecular formula is C16H16N2OS. The molecule has 0 fully saturated rings. The van der Waals surface area contributed by atoms with E-state index in [1.807, 2.05) is 31.3 Å². The highest BCUT2D eigenvalue weighted by Gasteiger charge is 2.14. The number of hydrogen-bond acceptors (Lipinski definition) is 4. The van der Waals surface area contributed by atoms with E-state index in [1.54, 1.807) is 18.4 Å². The molecule has 102 valence electrons. The highest BCUT2D eigenvalue weighted by molar-refractivity contribution is 7.22. The van der Waals surface area contributed by atoms with Crippen molar-refractivity contribution in [1.29, 1.82) is 0 Å². The predicted octanol–water partition coefficient (Wildman–Crippen LogP) is 4.38. The van der Waals surface area contributed by atoms with Gasteiger partial charge >= 0.3 is 0 Å². The number of ether oxygens (including phenoxy) is 1. The summed E-state index contributed by atoms with van der Waals surface area (Å²) in [5.41, 5.74) is 3.30. The Morgan fingerprint density at radius 3 is 2.55 bits per heavy atom. The van der Waals surface area contributed by atoms with Crippen LogP contribution in [0.2, 0.25) is 0 Å². The fourth-order valence-corrected chi connectivity index (χ4v) is 3.20. The lowest BCUT2D eigenvalue weighted by Gasteiger charge is -2.15. The summed E-state index contributed by atoms with van der Waals surface area (Å²) in [6.45, 7) is 2.10. The average Bonchev–Trinajstić information content (AvgIpc) is 2.94. The van der Waals surface area contributed by atoms with Crippen LogP contribution >= 0.6 is 11.3 Å². The second-order valence-corrected chi connectivity index (χ2v) is 5.63. The van der Waals surface area contributed by atoms with Gasteiger partial charge in [0.1, 0.15) is 11.3 Å². The van der Waals surface area contributed by atoms with Crippen molar-refractivity contribution in [1.82, 2.24) is 4.98 Å². The van der Waals surface area contributed by atoms with Crippen molar-refractivity contribution in [3.63, 3.8) is 0 Å². The molecule has 3 nitrogen and oxygen atoms in total.